The lowest BCUT2D eigenvalue weighted by molar-refractivity contribution is 0.103. The maximum absolute atomic E-state index is 13.1. The lowest BCUT2D eigenvalue weighted by atomic mass is 9.99. The summed E-state index contributed by atoms with van der Waals surface area (Å²) >= 11 is 1.61. The summed E-state index contributed by atoms with van der Waals surface area (Å²) in [5.74, 6) is 1.19. The number of hydrogen-bond donors (Lipinski definition) is 2. The molecule has 1 saturated heterocycles. The number of anilines is 4. The van der Waals surface area contributed by atoms with Gasteiger partial charge in [-0.3, -0.25) is 9.59 Å². The molecule has 1 aliphatic carbocycles. The van der Waals surface area contributed by atoms with E-state index < -0.39 is 0 Å². The fraction of sp³-hybridized carbons (Fsp3) is 0.333. The van der Waals surface area contributed by atoms with Crippen molar-refractivity contribution in [3.63, 3.8) is 0 Å². The summed E-state index contributed by atoms with van der Waals surface area (Å²) < 4.78 is 6.96. The first-order valence-electron chi connectivity index (χ1n) is 13.6. The van der Waals surface area contributed by atoms with Gasteiger partial charge in [0, 0.05) is 42.5 Å². The van der Waals surface area contributed by atoms with Gasteiger partial charge in [0.1, 0.15) is 5.69 Å². The van der Waals surface area contributed by atoms with Gasteiger partial charge in [0.15, 0.2) is 11.6 Å². The van der Waals surface area contributed by atoms with Gasteiger partial charge < -0.3 is 24.8 Å². The van der Waals surface area contributed by atoms with Crippen molar-refractivity contribution in [3.05, 3.63) is 79.9 Å². The van der Waals surface area contributed by atoms with Crippen LogP contribution in [0.4, 0.5) is 23.0 Å². The molecule has 0 atom stereocenters. The van der Waals surface area contributed by atoms with E-state index in [0.29, 0.717) is 24.7 Å². The smallest absolute Gasteiger partial charge is 0.274 e. The molecule has 2 N–H and O–H groups in total. The van der Waals surface area contributed by atoms with E-state index in [1.54, 1.807) is 23.0 Å². The highest BCUT2D eigenvalue weighted by atomic mass is 32.1. The Morgan fingerprint density at radius 3 is 2.62 bits per heavy atom. The SMILES string of the molecule is Cc1c(NC(=O)c2cc3c(s2)CCCC3)cccc1-c1cc(Nc2ccc(N3CCOCC3)nn2)c(=O)n(C)c1. The van der Waals surface area contributed by atoms with Gasteiger partial charge in [-0.15, -0.1) is 21.5 Å². The molecule has 1 aliphatic heterocycles. The van der Waals surface area contributed by atoms with Crippen molar-refractivity contribution in [2.45, 2.75) is 32.6 Å². The molecule has 206 valence electrons. The first-order valence-corrected chi connectivity index (χ1v) is 14.4. The van der Waals surface area contributed by atoms with E-state index in [2.05, 4.69) is 31.8 Å². The minimum absolute atomic E-state index is 0.0819. The number of nitrogens with zero attached hydrogens (tertiary/aromatic N) is 4. The number of ether oxygens (including phenoxy) is 1. The fourth-order valence-corrected chi connectivity index (χ4v) is 6.46. The van der Waals surface area contributed by atoms with Crippen molar-refractivity contribution in [3.8, 4) is 11.1 Å². The van der Waals surface area contributed by atoms with Crippen molar-refractivity contribution >= 4 is 40.3 Å². The van der Waals surface area contributed by atoms with Gasteiger partial charge >= 0.3 is 0 Å². The van der Waals surface area contributed by atoms with Gasteiger partial charge in [0.25, 0.3) is 11.5 Å². The van der Waals surface area contributed by atoms with Crippen LogP contribution in [0.5, 0.6) is 0 Å². The van der Waals surface area contributed by atoms with Crippen LogP contribution in [-0.4, -0.2) is 47.0 Å². The Morgan fingerprint density at radius 1 is 1.02 bits per heavy atom. The van der Waals surface area contributed by atoms with Gasteiger partial charge in [-0.1, -0.05) is 12.1 Å². The highest BCUT2D eigenvalue weighted by molar-refractivity contribution is 7.14. The summed E-state index contributed by atoms with van der Waals surface area (Å²) in [4.78, 5) is 30.3. The third-order valence-electron chi connectivity index (χ3n) is 7.54. The number of carbonyl (C=O) groups is 1. The standard InChI is InChI=1S/C30H32N6O3S/c1-19-22(7-5-8-23(19)32-29(37)26-17-20-6-3-4-9-25(20)40-26)21-16-24(30(38)35(2)18-21)31-27-10-11-28(34-33-27)36-12-14-39-15-13-36/h5,7-8,10-11,16-18H,3-4,6,9,12-15H2,1-2H3,(H,31,33)(H,32,37). The number of morpholine rings is 1. The number of nitrogens with one attached hydrogen (secondary N) is 2. The number of hydrogen-bond acceptors (Lipinski definition) is 8. The van der Waals surface area contributed by atoms with Crippen molar-refractivity contribution in [1.29, 1.82) is 0 Å². The van der Waals surface area contributed by atoms with Crippen molar-refractivity contribution in [1.82, 2.24) is 14.8 Å². The number of fused-ring (bicyclic) bond motifs is 1. The van der Waals surface area contributed by atoms with Gasteiger partial charge in [-0.25, -0.2) is 0 Å². The van der Waals surface area contributed by atoms with Crippen LogP contribution in [0.1, 0.15) is 38.5 Å². The predicted molar refractivity (Wildman–Crippen MR) is 159 cm³/mol. The third kappa shape index (κ3) is 5.37. The molecule has 9 nitrogen and oxygen atoms in total. The maximum Gasteiger partial charge on any atom is 0.274 e. The van der Waals surface area contributed by atoms with Crippen molar-refractivity contribution in [2.24, 2.45) is 7.05 Å². The number of thiophene rings is 1. The van der Waals surface area contributed by atoms with Crippen LogP contribution in [0.25, 0.3) is 11.1 Å². The van der Waals surface area contributed by atoms with Gasteiger partial charge in [0.2, 0.25) is 0 Å². The predicted octanol–water partition coefficient (Wildman–Crippen LogP) is 4.92. The number of aryl methyl sites for hydroxylation is 3. The molecule has 0 radical (unpaired) electrons. The second-order valence-electron chi connectivity index (χ2n) is 10.3. The van der Waals surface area contributed by atoms with E-state index in [0.717, 1.165) is 59.0 Å². The summed E-state index contributed by atoms with van der Waals surface area (Å²) in [6.45, 7) is 4.88. The topological polar surface area (TPSA) is 101 Å². The largest absolute Gasteiger partial charge is 0.378 e. The van der Waals surface area contributed by atoms with Crippen molar-refractivity contribution in [2.75, 3.05) is 41.8 Å². The highest BCUT2D eigenvalue weighted by Crippen LogP contribution is 2.32. The molecule has 1 amide bonds. The van der Waals surface area contributed by atoms with Crippen LogP contribution in [0, 0.1) is 6.92 Å². The van der Waals surface area contributed by atoms with Crippen LogP contribution in [0.3, 0.4) is 0 Å². The quantitative estimate of drug-likeness (QED) is 0.348. The summed E-state index contributed by atoms with van der Waals surface area (Å²) in [5.41, 5.74) is 4.99. The lowest BCUT2D eigenvalue weighted by Crippen LogP contribution is -2.36. The molecule has 4 heterocycles. The summed E-state index contributed by atoms with van der Waals surface area (Å²) in [7, 11) is 1.73. The van der Waals surface area contributed by atoms with E-state index in [9.17, 15) is 9.59 Å². The van der Waals surface area contributed by atoms with E-state index in [1.807, 2.05) is 49.5 Å². The molecule has 40 heavy (non-hydrogen) atoms. The Hall–Kier alpha value is -4.02. The normalized spacial score (nSPS) is 15.0. The van der Waals surface area contributed by atoms with Crippen molar-refractivity contribution < 1.29 is 9.53 Å². The zero-order valence-corrected chi connectivity index (χ0v) is 23.5. The second-order valence-corrected chi connectivity index (χ2v) is 11.4. The summed E-state index contributed by atoms with van der Waals surface area (Å²) in [6.07, 6.45) is 6.31. The molecule has 0 bridgehead atoms. The fourth-order valence-electron chi connectivity index (χ4n) is 5.31. The van der Waals surface area contributed by atoms with Crippen LogP contribution in [0.15, 0.2) is 53.5 Å². The molecular formula is C30H32N6O3S. The molecule has 0 unspecified atom stereocenters. The van der Waals surface area contributed by atoms with E-state index in [1.165, 1.54) is 23.3 Å². The van der Waals surface area contributed by atoms with E-state index >= 15 is 0 Å². The number of rotatable bonds is 6. The van der Waals surface area contributed by atoms with Gasteiger partial charge in [-0.05, 0) is 79.6 Å². The molecule has 0 saturated carbocycles. The number of carbonyl (C=O) groups excluding carboxylic acids is 1. The molecule has 10 heteroatoms. The molecule has 0 spiro atoms. The van der Waals surface area contributed by atoms with Crippen LogP contribution in [0.2, 0.25) is 0 Å². The van der Waals surface area contributed by atoms with Crippen LogP contribution in [-0.2, 0) is 24.6 Å². The van der Waals surface area contributed by atoms with Crippen LogP contribution >= 0.6 is 11.3 Å². The molecule has 6 rings (SSSR count). The Morgan fingerprint density at radius 2 is 1.85 bits per heavy atom. The number of amides is 1. The number of pyridine rings is 1. The molecule has 1 fully saturated rings. The lowest BCUT2D eigenvalue weighted by Gasteiger charge is -2.27. The monoisotopic (exact) mass is 556 g/mol. The van der Waals surface area contributed by atoms with E-state index in [4.69, 9.17) is 4.74 Å². The average Bonchev–Trinajstić information content (AvgIpc) is 3.42. The zero-order chi connectivity index (χ0) is 27.6. The summed E-state index contributed by atoms with van der Waals surface area (Å²) in [6, 6.07) is 13.4. The highest BCUT2D eigenvalue weighted by Gasteiger charge is 2.19. The Labute approximate surface area is 236 Å². The first kappa shape index (κ1) is 26.2. The number of aromatic nitrogens is 3. The van der Waals surface area contributed by atoms with Gasteiger partial charge in [-0.2, -0.15) is 0 Å². The Kier molecular flexibility index (Phi) is 7.36. The van der Waals surface area contributed by atoms with E-state index in [-0.39, 0.29) is 11.5 Å². The third-order valence-corrected chi connectivity index (χ3v) is 8.78. The Balaban J connectivity index is 1.23. The zero-order valence-electron chi connectivity index (χ0n) is 22.7. The number of benzene rings is 1. The molecule has 3 aromatic heterocycles. The summed E-state index contributed by atoms with van der Waals surface area (Å²) in [5, 5.41) is 14.9. The minimum Gasteiger partial charge on any atom is -0.378 e. The molecule has 1 aromatic carbocycles. The minimum atomic E-state index is -0.174. The van der Waals surface area contributed by atoms with Gasteiger partial charge in [0.05, 0.1) is 18.1 Å². The first-order chi connectivity index (χ1) is 19.5. The second kappa shape index (κ2) is 11.2. The maximum atomic E-state index is 13.1. The Bertz CT molecular complexity index is 1580. The van der Waals surface area contributed by atoms with Crippen LogP contribution < -0.4 is 21.1 Å². The molecule has 4 aromatic rings. The average molecular weight is 557 g/mol. The molecule has 2 aliphatic rings. The molecular weight excluding hydrogens is 524 g/mol.